The Hall–Kier alpha value is -1.52. The van der Waals surface area contributed by atoms with Gasteiger partial charge >= 0.3 is 0 Å². The minimum atomic E-state index is -1.69. The van der Waals surface area contributed by atoms with Gasteiger partial charge in [0.1, 0.15) is 0 Å². The molecule has 0 aliphatic carbocycles. The molecule has 0 aromatic heterocycles. The van der Waals surface area contributed by atoms with Crippen LogP contribution in [0.4, 0.5) is 13.2 Å². The van der Waals surface area contributed by atoms with Gasteiger partial charge in [-0.2, -0.15) is 4.39 Å². The van der Waals surface area contributed by atoms with Crippen LogP contribution in [-0.2, 0) is 0 Å². The molecule has 1 aromatic rings. The molecule has 5 heteroatoms. The molecule has 0 unspecified atom stereocenters. The highest BCUT2D eigenvalue weighted by Gasteiger charge is 2.19. The molecule has 0 atom stereocenters. The first-order chi connectivity index (χ1) is 5.95. The summed E-state index contributed by atoms with van der Waals surface area (Å²) in [7, 11) is 0. The largest absolute Gasteiger partial charge is 0.503 e. The predicted molar refractivity (Wildman–Crippen MR) is 38.0 cm³/mol. The van der Waals surface area contributed by atoms with E-state index in [2.05, 4.69) is 0 Å². The number of aromatic hydroxyl groups is 1. The van der Waals surface area contributed by atoms with Gasteiger partial charge in [-0.3, -0.25) is 4.79 Å². The van der Waals surface area contributed by atoms with E-state index >= 15 is 0 Å². The van der Waals surface area contributed by atoms with Gasteiger partial charge in [-0.15, -0.1) is 0 Å². The van der Waals surface area contributed by atoms with E-state index < -0.39 is 34.5 Å². The van der Waals surface area contributed by atoms with Crippen molar-refractivity contribution >= 4 is 5.78 Å². The molecule has 0 spiro atoms. The van der Waals surface area contributed by atoms with Crippen LogP contribution in [0.3, 0.4) is 0 Å². The van der Waals surface area contributed by atoms with Gasteiger partial charge < -0.3 is 5.11 Å². The third-order valence-electron chi connectivity index (χ3n) is 1.51. The molecule has 13 heavy (non-hydrogen) atoms. The second-order valence-electron chi connectivity index (χ2n) is 2.44. The van der Waals surface area contributed by atoms with Gasteiger partial charge in [0.15, 0.2) is 23.2 Å². The smallest absolute Gasteiger partial charge is 0.203 e. The molecule has 0 aliphatic rings. The van der Waals surface area contributed by atoms with Gasteiger partial charge in [-0.05, 0) is 13.0 Å². The van der Waals surface area contributed by atoms with E-state index in [1.807, 2.05) is 0 Å². The van der Waals surface area contributed by atoms with E-state index in [0.29, 0.717) is 6.07 Å². The number of hydrogen-bond acceptors (Lipinski definition) is 2. The van der Waals surface area contributed by atoms with Crippen molar-refractivity contribution in [3.8, 4) is 5.75 Å². The summed E-state index contributed by atoms with van der Waals surface area (Å²) in [6.45, 7) is 0.981. The zero-order valence-electron chi connectivity index (χ0n) is 6.57. The number of carbonyl (C=O) groups excluding carboxylic acids is 1. The lowest BCUT2D eigenvalue weighted by atomic mass is 10.1. The Labute approximate surface area is 71.6 Å². The average molecular weight is 190 g/mol. The molecule has 1 rings (SSSR count). The maximum Gasteiger partial charge on any atom is 0.203 e. The molecule has 1 N–H and O–H groups in total. The summed E-state index contributed by atoms with van der Waals surface area (Å²) in [4.78, 5) is 10.6. The maximum absolute atomic E-state index is 12.8. The first-order valence-corrected chi connectivity index (χ1v) is 3.32. The summed E-state index contributed by atoms with van der Waals surface area (Å²) >= 11 is 0. The quantitative estimate of drug-likeness (QED) is 0.543. The Bertz CT molecular complexity index is 374. The number of rotatable bonds is 1. The first-order valence-electron chi connectivity index (χ1n) is 3.32. The Morgan fingerprint density at radius 1 is 1.31 bits per heavy atom. The van der Waals surface area contributed by atoms with E-state index in [-0.39, 0.29) is 0 Å². The first kappa shape index (κ1) is 9.57. The van der Waals surface area contributed by atoms with Gasteiger partial charge in [0.25, 0.3) is 0 Å². The van der Waals surface area contributed by atoms with Crippen molar-refractivity contribution in [3.05, 3.63) is 29.1 Å². The van der Waals surface area contributed by atoms with Crippen LogP contribution in [-0.4, -0.2) is 10.9 Å². The van der Waals surface area contributed by atoms with Gasteiger partial charge in [-0.1, -0.05) is 0 Å². The van der Waals surface area contributed by atoms with Crippen molar-refractivity contribution < 1.29 is 23.1 Å². The van der Waals surface area contributed by atoms with Crippen LogP contribution in [0.15, 0.2) is 6.07 Å². The highest BCUT2D eigenvalue weighted by molar-refractivity contribution is 5.94. The molecular formula is C8H5F3O2. The number of phenolic OH excluding ortho intramolecular Hbond substituents is 1. The van der Waals surface area contributed by atoms with Crippen molar-refractivity contribution in [2.75, 3.05) is 0 Å². The Balaban J connectivity index is 3.50. The lowest BCUT2D eigenvalue weighted by Gasteiger charge is -2.02. The van der Waals surface area contributed by atoms with Crippen LogP contribution in [0.25, 0.3) is 0 Å². The topological polar surface area (TPSA) is 37.3 Å². The Morgan fingerprint density at radius 2 is 1.85 bits per heavy atom. The molecule has 0 bridgehead atoms. The van der Waals surface area contributed by atoms with Crippen molar-refractivity contribution in [3.63, 3.8) is 0 Å². The zero-order chi connectivity index (χ0) is 10.2. The molecule has 1 aromatic carbocycles. The van der Waals surface area contributed by atoms with Crippen molar-refractivity contribution in [2.45, 2.75) is 6.92 Å². The highest BCUT2D eigenvalue weighted by Crippen LogP contribution is 2.25. The molecule has 0 amide bonds. The molecule has 0 fully saturated rings. The molecule has 0 radical (unpaired) electrons. The summed E-state index contributed by atoms with van der Waals surface area (Å²) in [6.07, 6.45) is 0. The molecule has 0 saturated heterocycles. The third-order valence-corrected chi connectivity index (χ3v) is 1.51. The maximum atomic E-state index is 12.8. The fourth-order valence-corrected chi connectivity index (χ4v) is 0.847. The minimum Gasteiger partial charge on any atom is -0.503 e. The number of ketones is 1. The summed E-state index contributed by atoms with van der Waals surface area (Å²) < 4.78 is 37.8. The fraction of sp³-hybridized carbons (Fsp3) is 0.125. The van der Waals surface area contributed by atoms with Crippen molar-refractivity contribution in [1.82, 2.24) is 0 Å². The Morgan fingerprint density at radius 3 is 2.31 bits per heavy atom. The molecule has 0 saturated carbocycles. The van der Waals surface area contributed by atoms with Gasteiger partial charge in [0.05, 0.1) is 5.56 Å². The van der Waals surface area contributed by atoms with E-state index in [0.717, 1.165) is 6.92 Å². The predicted octanol–water partition coefficient (Wildman–Crippen LogP) is 2.01. The van der Waals surface area contributed by atoms with Crippen LogP contribution >= 0.6 is 0 Å². The molecule has 2 nitrogen and oxygen atoms in total. The van der Waals surface area contributed by atoms with Gasteiger partial charge in [-0.25, -0.2) is 8.78 Å². The van der Waals surface area contributed by atoms with Crippen molar-refractivity contribution in [2.24, 2.45) is 0 Å². The van der Waals surface area contributed by atoms with Crippen LogP contribution < -0.4 is 0 Å². The molecule has 0 heterocycles. The molecule has 0 aliphatic heterocycles. The summed E-state index contributed by atoms with van der Waals surface area (Å²) in [5, 5.41) is 8.67. The van der Waals surface area contributed by atoms with Gasteiger partial charge in [0, 0.05) is 0 Å². The second kappa shape index (κ2) is 3.08. The minimum absolute atomic E-state index is 0.409. The van der Waals surface area contributed by atoms with Crippen LogP contribution in [0, 0.1) is 17.5 Å². The number of phenols is 1. The van der Waals surface area contributed by atoms with Crippen molar-refractivity contribution in [1.29, 1.82) is 0 Å². The zero-order valence-corrected chi connectivity index (χ0v) is 6.57. The van der Waals surface area contributed by atoms with Crippen LogP contribution in [0.2, 0.25) is 0 Å². The highest BCUT2D eigenvalue weighted by atomic mass is 19.2. The second-order valence-corrected chi connectivity index (χ2v) is 2.44. The number of carbonyl (C=O) groups is 1. The Kier molecular flexibility index (Phi) is 2.27. The lowest BCUT2D eigenvalue weighted by Crippen LogP contribution is -2.01. The number of halogens is 3. The third kappa shape index (κ3) is 1.49. The summed E-state index contributed by atoms with van der Waals surface area (Å²) in [5.41, 5.74) is -0.670. The van der Waals surface area contributed by atoms with E-state index in [4.69, 9.17) is 5.11 Å². The molecular weight excluding hydrogens is 185 g/mol. The van der Waals surface area contributed by atoms with Crippen LogP contribution in [0.1, 0.15) is 17.3 Å². The van der Waals surface area contributed by atoms with E-state index in [1.54, 1.807) is 0 Å². The lowest BCUT2D eigenvalue weighted by molar-refractivity contribution is 0.101. The average Bonchev–Trinajstić information content (AvgIpc) is 2.07. The number of hydrogen-bond donors (Lipinski definition) is 1. The van der Waals surface area contributed by atoms with Gasteiger partial charge in [0.2, 0.25) is 5.82 Å². The fourth-order valence-electron chi connectivity index (χ4n) is 0.847. The van der Waals surface area contributed by atoms with E-state index in [1.165, 1.54) is 0 Å². The number of benzene rings is 1. The molecule has 70 valence electrons. The van der Waals surface area contributed by atoms with Crippen LogP contribution in [0.5, 0.6) is 5.75 Å². The summed E-state index contributed by atoms with van der Waals surface area (Å²) in [6, 6.07) is 0.409. The SMILES string of the molecule is CC(=O)c1cc(F)c(F)c(O)c1F. The standard InChI is InChI=1S/C8H5F3O2/c1-3(12)4-2-5(9)7(11)8(13)6(4)10/h2,13H,1H3. The summed E-state index contributed by atoms with van der Waals surface area (Å²) in [5.74, 6) is -6.84. The monoisotopic (exact) mass is 190 g/mol. The van der Waals surface area contributed by atoms with E-state index in [9.17, 15) is 18.0 Å². The number of Topliss-reactive ketones (excluding diaryl/α,β-unsaturated/α-hetero) is 1. The normalized spacial score (nSPS) is 10.2.